The minimum Gasteiger partial charge on any atom is -0.488 e. The molecule has 0 aromatic heterocycles. The fourth-order valence-electron chi connectivity index (χ4n) is 3.18. The van der Waals surface area contributed by atoms with E-state index in [1.807, 2.05) is 55.5 Å². The van der Waals surface area contributed by atoms with Crippen LogP contribution in [0.3, 0.4) is 0 Å². The van der Waals surface area contributed by atoms with Crippen LogP contribution in [-0.4, -0.2) is 5.91 Å². The van der Waals surface area contributed by atoms with E-state index in [1.54, 1.807) is 6.07 Å². The van der Waals surface area contributed by atoms with Gasteiger partial charge in [-0.05, 0) is 49.6 Å². The van der Waals surface area contributed by atoms with E-state index in [0.717, 1.165) is 11.1 Å². The Kier molecular flexibility index (Phi) is 5.92. The summed E-state index contributed by atoms with van der Waals surface area (Å²) in [6.45, 7) is 6.57. The zero-order valence-electron chi connectivity index (χ0n) is 16.0. The average molecular weight is 359 g/mol. The summed E-state index contributed by atoms with van der Waals surface area (Å²) < 4.78 is 5.91. The van der Waals surface area contributed by atoms with E-state index in [2.05, 4.69) is 37.4 Å². The highest BCUT2D eigenvalue weighted by molar-refractivity contribution is 5.97. The number of rotatable bonds is 6. The van der Waals surface area contributed by atoms with Crippen molar-refractivity contribution in [2.45, 2.75) is 33.4 Å². The third kappa shape index (κ3) is 4.76. The van der Waals surface area contributed by atoms with Crippen LogP contribution < -0.4 is 10.1 Å². The van der Waals surface area contributed by atoms with Gasteiger partial charge in [0.25, 0.3) is 5.91 Å². The molecule has 3 aromatic carbocycles. The first-order valence-corrected chi connectivity index (χ1v) is 9.18. The molecule has 3 aromatic rings. The van der Waals surface area contributed by atoms with Crippen molar-refractivity contribution >= 4 is 5.91 Å². The molecular weight excluding hydrogens is 334 g/mol. The summed E-state index contributed by atoms with van der Waals surface area (Å²) in [5.41, 5.74) is 5.13. The quantitative estimate of drug-likeness (QED) is 0.642. The van der Waals surface area contributed by atoms with E-state index in [4.69, 9.17) is 4.74 Å². The van der Waals surface area contributed by atoms with Crippen molar-refractivity contribution in [2.75, 3.05) is 0 Å². The van der Waals surface area contributed by atoms with Crippen LogP contribution in [0.5, 0.6) is 5.75 Å². The first kappa shape index (κ1) is 18.7. The maximum Gasteiger partial charge on any atom is 0.255 e. The van der Waals surface area contributed by atoms with Gasteiger partial charge < -0.3 is 10.1 Å². The molecule has 3 nitrogen and oxygen atoms in total. The lowest BCUT2D eigenvalue weighted by atomic mass is 10.00. The molecule has 1 amide bonds. The van der Waals surface area contributed by atoms with Crippen molar-refractivity contribution in [3.05, 3.63) is 101 Å². The number of aryl methyl sites for hydroxylation is 2. The molecule has 0 fully saturated rings. The highest BCUT2D eigenvalue weighted by atomic mass is 16.5. The zero-order valence-corrected chi connectivity index (χ0v) is 16.0. The second kappa shape index (κ2) is 8.54. The van der Waals surface area contributed by atoms with Crippen molar-refractivity contribution in [2.24, 2.45) is 0 Å². The SMILES string of the molecule is Cc1ccc(C(C)NC(=O)c2ccccc2OCc2ccccc2)c(C)c1. The molecule has 3 rings (SSSR count). The number of para-hydroxylation sites is 1. The van der Waals surface area contributed by atoms with E-state index < -0.39 is 0 Å². The summed E-state index contributed by atoms with van der Waals surface area (Å²) in [4.78, 5) is 12.8. The van der Waals surface area contributed by atoms with Crippen molar-refractivity contribution in [3.63, 3.8) is 0 Å². The van der Waals surface area contributed by atoms with Crippen LogP contribution in [0.25, 0.3) is 0 Å². The molecule has 138 valence electrons. The zero-order chi connectivity index (χ0) is 19.2. The monoisotopic (exact) mass is 359 g/mol. The number of hydrogen-bond donors (Lipinski definition) is 1. The van der Waals surface area contributed by atoms with Gasteiger partial charge in [-0.15, -0.1) is 0 Å². The van der Waals surface area contributed by atoms with Gasteiger partial charge in [0.05, 0.1) is 11.6 Å². The van der Waals surface area contributed by atoms with Crippen molar-refractivity contribution < 1.29 is 9.53 Å². The van der Waals surface area contributed by atoms with Crippen LogP contribution in [0.1, 0.15) is 45.6 Å². The van der Waals surface area contributed by atoms with Gasteiger partial charge in [0.1, 0.15) is 12.4 Å². The number of benzene rings is 3. The lowest BCUT2D eigenvalue weighted by Crippen LogP contribution is -2.27. The van der Waals surface area contributed by atoms with E-state index in [0.29, 0.717) is 17.9 Å². The number of ether oxygens (including phenoxy) is 1. The molecule has 0 saturated heterocycles. The lowest BCUT2D eigenvalue weighted by Gasteiger charge is -2.18. The molecule has 0 aliphatic carbocycles. The maximum absolute atomic E-state index is 12.8. The van der Waals surface area contributed by atoms with Gasteiger partial charge in [0.15, 0.2) is 0 Å². The second-order valence-corrected chi connectivity index (χ2v) is 6.83. The Bertz CT molecular complexity index is 919. The number of amides is 1. The summed E-state index contributed by atoms with van der Waals surface area (Å²) in [5.74, 6) is 0.456. The predicted molar refractivity (Wildman–Crippen MR) is 109 cm³/mol. The van der Waals surface area contributed by atoms with Gasteiger partial charge in [-0.1, -0.05) is 66.2 Å². The molecule has 0 aliphatic rings. The van der Waals surface area contributed by atoms with Gasteiger partial charge >= 0.3 is 0 Å². The van der Waals surface area contributed by atoms with Crippen molar-refractivity contribution in [3.8, 4) is 5.75 Å². The largest absolute Gasteiger partial charge is 0.488 e. The Labute approximate surface area is 161 Å². The van der Waals surface area contributed by atoms with Crippen LogP contribution in [0.15, 0.2) is 72.8 Å². The molecule has 1 atom stereocenters. The van der Waals surface area contributed by atoms with Crippen LogP contribution in [0.4, 0.5) is 0 Å². The van der Waals surface area contributed by atoms with E-state index in [-0.39, 0.29) is 11.9 Å². The number of hydrogen-bond acceptors (Lipinski definition) is 2. The predicted octanol–water partition coefficient (Wildman–Crippen LogP) is 5.37. The summed E-state index contributed by atoms with van der Waals surface area (Å²) in [6.07, 6.45) is 0. The summed E-state index contributed by atoms with van der Waals surface area (Å²) in [7, 11) is 0. The number of carbonyl (C=O) groups is 1. The molecule has 3 heteroatoms. The average Bonchev–Trinajstić information content (AvgIpc) is 2.67. The molecule has 1 N–H and O–H groups in total. The van der Waals surface area contributed by atoms with Crippen molar-refractivity contribution in [1.82, 2.24) is 5.32 Å². The van der Waals surface area contributed by atoms with Crippen LogP contribution >= 0.6 is 0 Å². The van der Waals surface area contributed by atoms with E-state index >= 15 is 0 Å². The Balaban J connectivity index is 1.73. The fraction of sp³-hybridized carbons (Fsp3) is 0.208. The van der Waals surface area contributed by atoms with E-state index in [9.17, 15) is 4.79 Å². The topological polar surface area (TPSA) is 38.3 Å². The smallest absolute Gasteiger partial charge is 0.255 e. The number of nitrogens with one attached hydrogen (secondary N) is 1. The molecular formula is C24H25NO2. The number of carbonyl (C=O) groups excluding carboxylic acids is 1. The Morgan fingerprint density at radius 3 is 2.41 bits per heavy atom. The molecule has 0 spiro atoms. The van der Waals surface area contributed by atoms with Crippen LogP contribution in [0.2, 0.25) is 0 Å². The van der Waals surface area contributed by atoms with Crippen LogP contribution in [-0.2, 0) is 6.61 Å². The first-order valence-electron chi connectivity index (χ1n) is 9.18. The van der Waals surface area contributed by atoms with Crippen molar-refractivity contribution in [1.29, 1.82) is 0 Å². The summed E-state index contributed by atoms with van der Waals surface area (Å²) >= 11 is 0. The molecule has 0 saturated carbocycles. The molecule has 0 radical (unpaired) electrons. The highest BCUT2D eigenvalue weighted by Crippen LogP contribution is 2.23. The molecule has 0 bridgehead atoms. The lowest BCUT2D eigenvalue weighted by molar-refractivity contribution is 0.0935. The third-order valence-corrected chi connectivity index (χ3v) is 4.61. The molecule has 0 heterocycles. The molecule has 1 unspecified atom stereocenters. The normalized spacial score (nSPS) is 11.7. The summed E-state index contributed by atoms with van der Waals surface area (Å²) in [5, 5.41) is 3.09. The maximum atomic E-state index is 12.8. The van der Waals surface area contributed by atoms with E-state index in [1.165, 1.54) is 11.1 Å². The highest BCUT2D eigenvalue weighted by Gasteiger charge is 2.16. The Morgan fingerprint density at radius 1 is 0.963 bits per heavy atom. The first-order chi connectivity index (χ1) is 13.0. The van der Waals surface area contributed by atoms with Gasteiger partial charge in [0, 0.05) is 0 Å². The Hall–Kier alpha value is -3.07. The second-order valence-electron chi connectivity index (χ2n) is 6.83. The van der Waals surface area contributed by atoms with Gasteiger partial charge in [-0.2, -0.15) is 0 Å². The molecule has 27 heavy (non-hydrogen) atoms. The van der Waals surface area contributed by atoms with Gasteiger partial charge in [-0.25, -0.2) is 0 Å². The minimum atomic E-state index is -0.133. The van der Waals surface area contributed by atoms with Gasteiger partial charge in [0.2, 0.25) is 0 Å². The fourth-order valence-corrected chi connectivity index (χ4v) is 3.18. The van der Waals surface area contributed by atoms with Crippen LogP contribution in [0, 0.1) is 13.8 Å². The standard InChI is InChI=1S/C24H25NO2/c1-17-13-14-21(18(2)15-17)19(3)25-24(26)22-11-7-8-12-23(22)27-16-20-9-5-4-6-10-20/h4-15,19H,16H2,1-3H3,(H,25,26). The minimum absolute atomic E-state index is 0.0831. The van der Waals surface area contributed by atoms with Gasteiger partial charge in [-0.3, -0.25) is 4.79 Å². The molecule has 0 aliphatic heterocycles. The Morgan fingerprint density at radius 2 is 1.67 bits per heavy atom. The third-order valence-electron chi connectivity index (χ3n) is 4.61. The summed E-state index contributed by atoms with van der Waals surface area (Å²) in [6, 6.07) is 23.5.